The van der Waals surface area contributed by atoms with E-state index in [-0.39, 0.29) is 18.0 Å². The Morgan fingerprint density at radius 1 is 1.16 bits per heavy atom. The molecule has 0 saturated heterocycles. The fourth-order valence-electron chi connectivity index (χ4n) is 3.12. The molecule has 1 heterocycles. The van der Waals surface area contributed by atoms with Gasteiger partial charge in [0.05, 0.1) is 22.1 Å². The molecule has 0 bridgehead atoms. The Kier molecular flexibility index (Phi) is 6.67. The van der Waals surface area contributed by atoms with Gasteiger partial charge in [-0.15, -0.1) is 0 Å². The van der Waals surface area contributed by atoms with Gasteiger partial charge in [0.25, 0.3) is 5.56 Å². The Hall–Kier alpha value is -3.03. The van der Waals surface area contributed by atoms with E-state index < -0.39 is 0 Å². The molecule has 5 nitrogen and oxygen atoms in total. The Balaban J connectivity index is 1.57. The average Bonchev–Trinajstić information content (AvgIpc) is 2.79. The van der Waals surface area contributed by atoms with Crippen LogP contribution in [0.4, 0.5) is 4.39 Å². The van der Waals surface area contributed by atoms with Crippen molar-refractivity contribution in [1.29, 1.82) is 0 Å². The quantitative estimate of drug-likeness (QED) is 0.298. The molecule has 0 spiro atoms. The standard InChI is InChI=1S/C24H18BrClFN3O2/c1-2-23-29-21-9-6-17(25)12-19(21)24(31)30(23)28-13-16-5-10-22(20(26)11-16)32-14-15-3-7-18(27)8-4-15/h3-13H,2,14H2,1H3. The van der Waals surface area contributed by atoms with E-state index in [0.717, 1.165) is 10.0 Å². The van der Waals surface area contributed by atoms with Crippen molar-refractivity contribution < 1.29 is 9.13 Å². The molecule has 32 heavy (non-hydrogen) atoms. The van der Waals surface area contributed by atoms with Gasteiger partial charge in [0, 0.05) is 10.9 Å². The molecule has 3 aromatic carbocycles. The van der Waals surface area contributed by atoms with E-state index in [1.165, 1.54) is 16.8 Å². The summed E-state index contributed by atoms with van der Waals surface area (Å²) < 4.78 is 20.9. The topological polar surface area (TPSA) is 56.5 Å². The summed E-state index contributed by atoms with van der Waals surface area (Å²) in [5.74, 6) is 0.762. The zero-order valence-corrected chi connectivity index (χ0v) is 19.4. The summed E-state index contributed by atoms with van der Waals surface area (Å²) >= 11 is 9.75. The third-order valence-corrected chi connectivity index (χ3v) is 5.57. The maximum atomic E-state index is 13.0. The van der Waals surface area contributed by atoms with Crippen molar-refractivity contribution in [3.8, 4) is 5.75 Å². The second-order valence-electron chi connectivity index (χ2n) is 7.01. The lowest BCUT2D eigenvalue weighted by molar-refractivity contribution is 0.306. The van der Waals surface area contributed by atoms with Crippen LogP contribution >= 0.6 is 27.5 Å². The number of rotatable bonds is 6. The number of aryl methyl sites for hydroxylation is 1. The van der Waals surface area contributed by atoms with Crippen LogP contribution in [0, 0.1) is 5.82 Å². The van der Waals surface area contributed by atoms with Gasteiger partial charge in [-0.1, -0.05) is 46.6 Å². The molecule has 1 aromatic heterocycles. The molecular weight excluding hydrogens is 497 g/mol. The first-order valence-electron chi connectivity index (χ1n) is 9.87. The molecule has 8 heteroatoms. The normalized spacial score (nSPS) is 11.4. The summed E-state index contributed by atoms with van der Waals surface area (Å²) in [6.45, 7) is 2.18. The minimum Gasteiger partial charge on any atom is -0.487 e. The second-order valence-corrected chi connectivity index (χ2v) is 8.33. The van der Waals surface area contributed by atoms with Gasteiger partial charge in [-0.2, -0.15) is 9.78 Å². The highest BCUT2D eigenvalue weighted by molar-refractivity contribution is 9.10. The number of hydrogen-bond donors (Lipinski definition) is 0. The van der Waals surface area contributed by atoms with Gasteiger partial charge in [-0.05, 0) is 59.7 Å². The molecule has 0 aliphatic rings. The van der Waals surface area contributed by atoms with Gasteiger partial charge in [-0.3, -0.25) is 4.79 Å². The number of nitrogens with zero attached hydrogens (tertiary/aromatic N) is 3. The molecule has 0 aliphatic heterocycles. The highest BCUT2D eigenvalue weighted by Crippen LogP contribution is 2.26. The van der Waals surface area contributed by atoms with Crippen molar-refractivity contribution in [3.05, 3.63) is 103 Å². The lowest BCUT2D eigenvalue weighted by Gasteiger charge is -2.09. The molecule has 4 aromatic rings. The van der Waals surface area contributed by atoms with Gasteiger partial charge < -0.3 is 4.74 Å². The third-order valence-electron chi connectivity index (χ3n) is 4.78. The summed E-state index contributed by atoms with van der Waals surface area (Å²) in [6, 6.07) is 16.7. The largest absolute Gasteiger partial charge is 0.487 e. The Labute approximate surface area is 197 Å². The van der Waals surface area contributed by atoms with Gasteiger partial charge in [-0.25, -0.2) is 9.37 Å². The number of hydrogen-bond acceptors (Lipinski definition) is 4. The molecule has 162 valence electrons. The first kappa shape index (κ1) is 22.2. The Bertz CT molecular complexity index is 1370. The molecule has 0 radical (unpaired) electrons. The fraction of sp³-hybridized carbons (Fsp3) is 0.125. The predicted molar refractivity (Wildman–Crippen MR) is 128 cm³/mol. The zero-order valence-electron chi connectivity index (χ0n) is 17.1. The summed E-state index contributed by atoms with van der Waals surface area (Å²) in [5, 5.41) is 5.25. The maximum absolute atomic E-state index is 13.0. The van der Waals surface area contributed by atoms with E-state index in [9.17, 15) is 9.18 Å². The minimum absolute atomic E-state index is 0.241. The fourth-order valence-corrected chi connectivity index (χ4v) is 3.73. The summed E-state index contributed by atoms with van der Waals surface area (Å²) in [7, 11) is 0. The smallest absolute Gasteiger partial charge is 0.282 e. The third kappa shape index (κ3) is 4.89. The van der Waals surface area contributed by atoms with Crippen LogP contribution in [-0.2, 0) is 13.0 Å². The molecular formula is C24H18BrClFN3O2. The molecule has 0 fully saturated rings. The van der Waals surface area contributed by atoms with Gasteiger partial charge in [0.2, 0.25) is 0 Å². The van der Waals surface area contributed by atoms with Crippen LogP contribution in [-0.4, -0.2) is 15.9 Å². The molecule has 0 aliphatic carbocycles. The summed E-state index contributed by atoms with van der Waals surface area (Å²) in [6.07, 6.45) is 2.11. The second kappa shape index (κ2) is 9.63. The average molecular weight is 515 g/mol. The van der Waals surface area contributed by atoms with Crippen molar-refractivity contribution in [3.63, 3.8) is 0 Å². The van der Waals surface area contributed by atoms with Gasteiger partial charge in [0.1, 0.15) is 24.0 Å². The van der Waals surface area contributed by atoms with Crippen molar-refractivity contribution in [1.82, 2.24) is 9.66 Å². The molecule has 4 rings (SSSR count). The first-order chi connectivity index (χ1) is 15.4. The number of benzene rings is 3. The lowest BCUT2D eigenvalue weighted by Crippen LogP contribution is -2.22. The van der Waals surface area contributed by atoms with Gasteiger partial charge >= 0.3 is 0 Å². The Morgan fingerprint density at radius 3 is 2.66 bits per heavy atom. The number of fused-ring (bicyclic) bond motifs is 1. The van der Waals surface area contributed by atoms with Crippen molar-refractivity contribution >= 4 is 44.6 Å². The lowest BCUT2D eigenvalue weighted by atomic mass is 10.2. The van der Waals surface area contributed by atoms with Crippen LogP contribution in [0.25, 0.3) is 10.9 Å². The van der Waals surface area contributed by atoms with Crippen molar-refractivity contribution in [2.75, 3.05) is 0 Å². The highest BCUT2D eigenvalue weighted by atomic mass is 79.9. The summed E-state index contributed by atoms with van der Waals surface area (Å²) in [4.78, 5) is 17.5. The van der Waals surface area contributed by atoms with Crippen LogP contribution in [0.2, 0.25) is 5.02 Å². The number of halogens is 3. The van der Waals surface area contributed by atoms with Crippen LogP contribution in [0.5, 0.6) is 5.75 Å². The molecule has 0 unspecified atom stereocenters. The highest BCUT2D eigenvalue weighted by Gasteiger charge is 2.10. The maximum Gasteiger partial charge on any atom is 0.282 e. The van der Waals surface area contributed by atoms with E-state index in [1.807, 2.05) is 13.0 Å². The van der Waals surface area contributed by atoms with Gasteiger partial charge in [0.15, 0.2) is 0 Å². The number of ether oxygens (including phenoxy) is 1. The van der Waals surface area contributed by atoms with E-state index in [1.54, 1.807) is 48.7 Å². The monoisotopic (exact) mass is 513 g/mol. The van der Waals surface area contributed by atoms with Crippen LogP contribution < -0.4 is 10.3 Å². The van der Waals surface area contributed by atoms with Crippen LogP contribution in [0.3, 0.4) is 0 Å². The molecule has 0 amide bonds. The van der Waals surface area contributed by atoms with Crippen molar-refractivity contribution in [2.24, 2.45) is 5.10 Å². The summed E-state index contributed by atoms with van der Waals surface area (Å²) in [5.41, 5.74) is 1.92. The molecule has 0 saturated carbocycles. The van der Waals surface area contributed by atoms with E-state index in [4.69, 9.17) is 16.3 Å². The number of aromatic nitrogens is 2. The van der Waals surface area contributed by atoms with Crippen LogP contribution in [0.1, 0.15) is 23.9 Å². The first-order valence-corrected chi connectivity index (χ1v) is 11.0. The predicted octanol–water partition coefficient (Wildman–Crippen LogP) is 5.98. The van der Waals surface area contributed by atoms with Crippen molar-refractivity contribution in [2.45, 2.75) is 20.0 Å². The SMILES string of the molecule is CCc1nc2ccc(Br)cc2c(=O)n1N=Cc1ccc(OCc2ccc(F)cc2)c(Cl)c1. The van der Waals surface area contributed by atoms with Crippen LogP contribution in [0.15, 0.2) is 75.0 Å². The minimum atomic E-state index is -0.296. The van der Waals surface area contributed by atoms with E-state index in [0.29, 0.717) is 39.5 Å². The Morgan fingerprint density at radius 2 is 1.94 bits per heavy atom. The molecule has 0 N–H and O–H groups in total. The van der Waals surface area contributed by atoms with E-state index >= 15 is 0 Å². The van der Waals surface area contributed by atoms with E-state index in [2.05, 4.69) is 26.0 Å². The molecule has 0 atom stereocenters. The zero-order chi connectivity index (χ0) is 22.7.